The van der Waals surface area contributed by atoms with Crippen LogP contribution in [0.15, 0.2) is 24.8 Å². The van der Waals surface area contributed by atoms with Crippen molar-refractivity contribution in [2.75, 3.05) is 6.61 Å². The Balaban J connectivity index is 2.53. The summed E-state index contributed by atoms with van der Waals surface area (Å²) in [5.74, 6) is 0.398. The van der Waals surface area contributed by atoms with E-state index in [4.69, 9.17) is 10.5 Å². The number of ether oxygens (including phenoxy) is 1. The Morgan fingerprint density at radius 3 is 3.07 bits per heavy atom. The molecule has 0 aromatic heterocycles. The molecule has 1 aromatic rings. The molecule has 0 fully saturated rings. The predicted octanol–water partition coefficient (Wildman–Crippen LogP) is 1.95. The van der Waals surface area contributed by atoms with Gasteiger partial charge in [0.1, 0.15) is 11.6 Å². The number of benzene rings is 1. The molecular formula is C11H12FNO. The van der Waals surface area contributed by atoms with Crippen molar-refractivity contribution in [3.05, 3.63) is 41.7 Å². The van der Waals surface area contributed by atoms with Crippen LogP contribution >= 0.6 is 0 Å². The molecule has 2 N–H and O–H groups in total. The Labute approximate surface area is 82.2 Å². The first-order chi connectivity index (χ1) is 6.74. The molecule has 3 heteroatoms. The number of halogens is 1. The van der Waals surface area contributed by atoms with Crippen LogP contribution in [0.25, 0.3) is 0 Å². The van der Waals surface area contributed by atoms with E-state index in [1.165, 1.54) is 6.07 Å². The van der Waals surface area contributed by atoms with Crippen molar-refractivity contribution >= 4 is 0 Å². The van der Waals surface area contributed by atoms with Gasteiger partial charge < -0.3 is 10.5 Å². The van der Waals surface area contributed by atoms with Gasteiger partial charge in [-0.05, 0) is 6.07 Å². The molecule has 1 aliphatic heterocycles. The van der Waals surface area contributed by atoms with E-state index < -0.39 is 0 Å². The maximum Gasteiger partial charge on any atom is 0.130 e. The molecule has 1 aliphatic rings. The highest BCUT2D eigenvalue weighted by Gasteiger charge is 2.22. The van der Waals surface area contributed by atoms with Crippen LogP contribution in [0, 0.1) is 5.82 Å². The van der Waals surface area contributed by atoms with Gasteiger partial charge in [0.2, 0.25) is 0 Å². The van der Waals surface area contributed by atoms with Crippen LogP contribution in [0.5, 0.6) is 5.75 Å². The van der Waals surface area contributed by atoms with Crippen molar-refractivity contribution in [2.24, 2.45) is 5.73 Å². The number of nitrogens with two attached hydrogens (primary N) is 1. The summed E-state index contributed by atoms with van der Waals surface area (Å²) in [5, 5.41) is 0. The van der Waals surface area contributed by atoms with E-state index in [0.717, 1.165) is 5.56 Å². The fourth-order valence-corrected chi connectivity index (χ4v) is 1.67. The van der Waals surface area contributed by atoms with Crippen molar-refractivity contribution in [2.45, 2.75) is 12.5 Å². The molecule has 0 aliphatic carbocycles. The van der Waals surface area contributed by atoms with Gasteiger partial charge >= 0.3 is 0 Å². The van der Waals surface area contributed by atoms with Crippen LogP contribution in [0.1, 0.15) is 17.2 Å². The van der Waals surface area contributed by atoms with Crippen molar-refractivity contribution < 1.29 is 9.13 Å². The normalized spacial score (nSPS) is 15.9. The third-order valence-corrected chi connectivity index (χ3v) is 2.45. The standard InChI is InChI=1S/C11H12FNO/c1-2-10(13)8-3-4-9(12)7-5-6-14-11(7)8/h2-4,10H,1,5-6,13H2/t10-/m1/s1. The van der Waals surface area contributed by atoms with Crippen LogP contribution in [0.2, 0.25) is 0 Å². The van der Waals surface area contributed by atoms with Crippen molar-refractivity contribution in [3.8, 4) is 5.75 Å². The van der Waals surface area contributed by atoms with E-state index in [2.05, 4.69) is 6.58 Å². The Kier molecular flexibility index (Phi) is 2.25. The van der Waals surface area contributed by atoms with Gasteiger partial charge in [0.15, 0.2) is 0 Å². The number of fused-ring (bicyclic) bond motifs is 1. The third kappa shape index (κ3) is 1.30. The summed E-state index contributed by atoms with van der Waals surface area (Å²) in [7, 11) is 0. The Bertz CT molecular complexity index is 376. The molecule has 1 heterocycles. The summed E-state index contributed by atoms with van der Waals surface area (Å²) in [6.45, 7) is 4.15. The zero-order valence-corrected chi connectivity index (χ0v) is 7.79. The van der Waals surface area contributed by atoms with Crippen LogP contribution in [-0.2, 0) is 6.42 Å². The first-order valence-corrected chi connectivity index (χ1v) is 4.56. The van der Waals surface area contributed by atoms with Crippen molar-refractivity contribution in [3.63, 3.8) is 0 Å². The van der Waals surface area contributed by atoms with Gasteiger partial charge in [-0.15, -0.1) is 6.58 Å². The van der Waals surface area contributed by atoms with Gasteiger partial charge in [0.25, 0.3) is 0 Å². The minimum absolute atomic E-state index is 0.211. The molecule has 74 valence electrons. The summed E-state index contributed by atoms with van der Waals surface area (Å²) in [6.07, 6.45) is 2.24. The largest absolute Gasteiger partial charge is 0.492 e. The van der Waals surface area contributed by atoms with Crippen LogP contribution < -0.4 is 10.5 Å². The highest BCUT2D eigenvalue weighted by Crippen LogP contribution is 2.34. The highest BCUT2D eigenvalue weighted by molar-refractivity contribution is 5.47. The average molecular weight is 193 g/mol. The molecule has 0 unspecified atom stereocenters. The quantitative estimate of drug-likeness (QED) is 0.728. The minimum Gasteiger partial charge on any atom is -0.492 e. The van der Waals surface area contributed by atoms with E-state index in [9.17, 15) is 4.39 Å². The van der Waals surface area contributed by atoms with Crippen LogP contribution in [0.4, 0.5) is 4.39 Å². The van der Waals surface area contributed by atoms with Gasteiger partial charge in [-0.3, -0.25) is 0 Å². The lowest BCUT2D eigenvalue weighted by atomic mass is 10.0. The maximum absolute atomic E-state index is 13.3. The highest BCUT2D eigenvalue weighted by atomic mass is 19.1. The zero-order valence-electron chi connectivity index (χ0n) is 7.79. The topological polar surface area (TPSA) is 35.2 Å². The van der Waals surface area contributed by atoms with Gasteiger partial charge in [-0.25, -0.2) is 4.39 Å². The molecule has 2 nitrogen and oxygen atoms in total. The first kappa shape index (κ1) is 9.21. The number of hydrogen-bond donors (Lipinski definition) is 1. The Morgan fingerprint density at radius 1 is 1.57 bits per heavy atom. The molecule has 14 heavy (non-hydrogen) atoms. The third-order valence-electron chi connectivity index (χ3n) is 2.45. The summed E-state index contributed by atoms with van der Waals surface area (Å²) in [4.78, 5) is 0. The second-order valence-electron chi connectivity index (χ2n) is 3.30. The molecule has 0 amide bonds. The minimum atomic E-state index is -0.289. The maximum atomic E-state index is 13.3. The first-order valence-electron chi connectivity index (χ1n) is 4.56. The lowest BCUT2D eigenvalue weighted by Crippen LogP contribution is -2.08. The van der Waals surface area contributed by atoms with Gasteiger partial charge in [0, 0.05) is 17.5 Å². The predicted molar refractivity (Wildman–Crippen MR) is 52.7 cm³/mol. The van der Waals surface area contributed by atoms with Gasteiger partial charge in [0.05, 0.1) is 12.6 Å². The molecule has 1 aromatic carbocycles. The lowest BCUT2D eigenvalue weighted by molar-refractivity contribution is 0.352. The monoisotopic (exact) mass is 193 g/mol. The van der Waals surface area contributed by atoms with Crippen LogP contribution in [-0.4, -0.2) is 6.61 Å². The summed E-state index contributed by atoms with van der Waals surface area (Å²) in [5.41, 5.74) is 7.25. The zero-order chi connectivity index (χ0) is 10.1. The van der Waals surface area contributed by atoms with Crippen molar-refractivity contribution in [1.29, 1.82) is 0 Å². The average Bonchev–Trinajstić information content (AvgIpc) is 2.67. The number of hydrogen-bond acceptors (Lipinski definition) is 2. The molecular weight excluding hydrogens is 181 g/mol. The Hall–Kier alpha value is -1.35. The molecule has 0 spiro atoms. The van der Waals surface area contributed by atoms with E-state index in [1.807, 2.05) is 0 Å². The smallest absolute Gasteiger partial charge is 0.130 e. The lowest BCUT2D eigenvalue weighted by Gasteiger charge is -2.11. The summed E-state index contributed by atoms with van der Waals surface area (Å²) in [6, 6.07) is 2.81. The second-order valence-corrected chi connectivity index (χ2v) is 3.30. The molecule has 1 atom stereocenters. The molecule has 0 saturated carbocycles. The Morgan fingerprint density at radius 2 is 2.36 bits per heavy atom. The van der Waals surface area contributed by atoms with E-state index in [-0.39, 0.29) is 11.9 Å². The molecule has 2 rings (SSSR count). The fraction of sp³-hybridized carbons (Fsp3) is 0.273. The van der Waals surface area contributed by atoms with Crippen LogP contribution in [0.3, 0.4) is 0 Å². The van der Waals surface area contributed by atoms with Gasteiger partial charge in [-0.2, -0.15) is 0 Å². The summed E-state index contributed by atoms with van der Waals surface area (Å²) >= 11 is 0. The molecule has 0 bridgehead atoms. The fourth-order valence-electron chi connectivity index (χ4n) is 1.67. The van der Waals surface area contributed by atoms with E-state index >= 15 is 0 Å². The van der Waals surface area contributed by atoms with Gasteiger partial charge in [-0.1, -0.05) is 12.1 Å². The van der Waals surface area contributed by atoms with E-state index in [0.29, 0.717) is 24.3 Å². The van der Waals surface area contributed by atoms with Crippen molar-refractivity contribution in [1.82, 2.24) is 0 Å². The molecule has 0 radical (unpaired) electrons. The summed E-state index contributed by atoms with van der Waals surface area (Å²) < 4.78 is 18.7. The second kappa shape index (κ2) is 3.42. The molecule has 0 saturated heterocycles. The number of rotatable bonds is 2. The SMILES string of the molecule is C=C[C@@H](N)c1ccc(F)c2c1OCC2. The van der Waals surface area contributed by atoms with E-state index in [1.54, 1.807) is 12.1 Å².